The van der Waals surface area contributed by atoms with Crippen molar-refractivity contribution in [2.24, 2.45) is 0 Å². The molecule has 1 unspecified atom stereocenters. The highest BCUT2D eigenvalue weighted by Gasteiger charge is 2.28. The minimum absolute atomic E-state index is 0.153. The van der Waals surface area contributed by atoms with E-state index in [1.54, 1.807) is 11.0 Å². The maximum absolute atomic E-state index is 13.4. The smallest absolute Gasteiger partial charge is 0.322 e. The van der Waals surface area contributed by atoms with E-state index >= 15 is 0 Å². The molecule has 3 aromatic rings. The van der Waals surface area contributed by atoms with E-state index in [4.69, 9.17) is 0 Å². The van der Waals surface area contributed by atoms with Crippen molar-refractivity contribution in [3.05, 3.63) is 70.3 Å². The van der Waals surface area contributed by atoms with Crippen molar-refractivity contribution in [2.45, 2.75) is 58.0 Å². The lowest BCUT2D eigenvalue weighted by atomic mass is 9.95. The third-order valence-electron chi connectivity index (χ3n) is 5.94. The fraction of sp³-hybridized carbons (Fsp3) is 0.375. The van der Waals surface area contributed by atoms with E-state index in [1.807, 2.05) is 56.3 Å². The van der Waals surface area contributed by atoms with Crippen LogP contribution in [0.5, 0.6) is 0 Å². The summed E-state index contributed by atoms with van der Waals surface area (Å²) < 4.78 is 0. The van der Waals surface area contributed by atoms with Crippen molar-refractivity contribution in [3.63, 3.8) is 0 Å². The Balaban J connectivity index is 1.72. The number of amides is 2. The summed E-state index contributed by atoms with van der Waals surface area (Å²) >= 11 is 0. The molecule has 4 rings (SSSR count). The molecule has 30 heavy (non-hydrogen) atoms. The Morgan fingerprint density at radius 1 is 1.10 bits per heavy atom. The van der Waals surface area contributed by atoms with Crippen molar-refractivity contribution in [1.29, 1.82) is 0 Å². The predicted octanol–water partition coefficient (Wildman–Crippen LogP) is 4.84. The van der Waals surface area contributed by atoms with Crippen LogP contribution < -0.4 is 15.8 Å². The summed E-state index contributed by atoms with van der Waals surface area (Å²) in [6.45, 7) is 3.89. The number of hydrogen-bond donors (Lipinski definition) is 2. The van der Waals surface area contributed by atoms with Gasteiger partial charge in [0.15, 0.2) is 0 Å². The average Bonchev–Trinajstić information content (AvgIpc) is 2.76. The van der Waals surface area contributed by atoms with Gasteiger partial charge in [-0.15, -0.1) is 0 Å². The lowest BCUT2D eigenvalue weighted by molar-refractivity contribution is 0.236. The van der Waals surface area contributed by atoms with Crippen molar-refractivity contribution in [3.8, 4) is 0 Å². The molecule has 6 heteroatoms. The van der Waals surface area contributed by atoms with Gasteiger partial charge in [0.25, 0.3) is 5.56 Å². The molecule has 0 bridgehead atoms. The van der Waals surface area contributed by atoms with Gasteiger partial charge in [0, 0.05) is 11.7 Å². The molecule has 2 amide bonds. The molecule has 0 saturated heterocycles. The van der Waals surface area contributed by atoms with E-state index in [1.165, 1.54) is 6.42 Å². The second-order valence-corrected chi connectivity index (χ2v) is 8.09. The molecule has 0 spiro atoms. The van der Waals surface area contributed by atoms with Gasteiger partial charge in [0.05, 0.1) is 16.9 Å². The number of para-hydroxylation sites is 2. The van der Waals surface area contributed by atoms with Gasteiger partial charge >= 0.3 is 6.03 Å². The molecule has 1 aliphatic rings. The van der Waals surface area contributed by atoms with Crippen molar-refractivity contribution in [2.75, 3.05) is 4.90 Å². The van der Waals surface area contributed by atoms with E-state index in [-0.39, 0.29) is 17.6 Å². The number of aromatic amines is 1. The second kappa shape index (κ2) is 8.69. The number of carbonyl (C=O) groups is 1. The number of nitrogens with one attached hydrogen (secondary N) is 2. The van der Waals surface area contributed by atoms with Gasteiger partial charge in [-0.3, -0.25) is 9.69 Å². The number of rotatable bonds is 4. The zero-order chi connectivity index (χ0) is 21.1. The number of carbonyl (C=O) groups excluding carboxylic acids is 1. The molecule has 1 saturated carbocycles. The molecule has 156 valence electrons. The van der Waals surface area contributed by atoms with Crippen molar-refractivity contribution in [1.82, 2.24) is 15.3 Å². The minimum atomic E-state index is -0.438. The predicted molar refractivity (Wildman–Crippen MR) is 120 cm³/mol. The molecule has 1 aliphatic carbocycles. The molecular formula is C24H28N4O2. The fourth-order valence-electron chi connectivity index (χ4n) is 4.24. The van der Waals surface area contributed by atoms with E-state index in [2.05, 4.69) is 15.3 Å². The quantitative estimate of drug-likeness (QED) is 0.653. The highest BCUT2D eigenvalue weighted by atomic mass is 16.2. The summed E-state index contributed by atoms with van der Waals surface area (Å²) in [6.07, 6.45) is 5.53. The summed E-state index contributed by atoms with van der Waals surface area (Å²) in [5, 5.41) is 3.76. The Morgan fingerprint density at radius 2 is 1.80 bits per heavy atom. The maximum atomic E-state index is 13.4. The Labute approximate surface area is 176 Å². The first-order chi connectivity index (χ1) is 14.5. The van der Waals surface area contributed by atoms with E-state index in [0.717, 1.165) is 36.9 Å². The van der Waals surface area contributed by atoms with Gasteiger partial charge in [-0.2, -0.15) is 0 Å². The highest BCUT2D eigenvalue weighted by Crippen LogP contribution is 2.29. The summed E-state index contributed by atoms with van der Waals surface area (Å²) in [7, 11) is 0. The van der Waals surface area contributed by atoms with E-state index in [0.29, 0.717) is 16.7 Å². The molecule has 1 atom stereocenters. The Hall–Kier alpha value is -3.15. The van der Waals surface area contributed by atoms with Gasteiger partial charge in [-0.1, -0.05) is 49.6 Å². The number of nitrogens with zero attached hydrogens (tertiary/aromatic N) is 2. The highest BCUT2D eigenvalue weighted by molar-refractivity contribution is 5.93. The third kappa shape index (κ3) is 4.08. The van der Waals surface area contributed by atoms with Crippen LogP contribution in [-0.4, -0.2) is 22.0 Å². The number of urea groups is 1. The van der Waals surface area contributed by atoms with Crippen LogP contribution in [0.2, 0.25) is 0 Å². The Bertz CT molecular complexity index is 1100. The van der Waals surface area contributed by atoms with Crippen LogP contribution in [0.1, 0.15) is 56.5 Å². The van der Waals surface area contributed by atoms with Gasteiger partial charge < -0.3 is 10.3 Å². The van der Waals surface area contributed by atoms with Crippen LogP contribution in [0.25, 0.3) is 10.9 Å². The summed E-state index contributed by atoms with van der Waals surface area (Å²) in [5.41, 5.74) is 2.24. The molecule has 2 aromatic carbocycles. The maximum Gasteiger partial charge on any atom is 0.322 e. The standard InChI is InChI=1S/C24H28N4O2/c1-16-10-6-9-15-21(16)28(24(30)25-18-11-4-3-5-12-18)17(2)22-26-20-14-8-7-13-19(20)23(29)27-22/h6-10,13-15,17-18H,3-5,11-12H2,1-2H3,(H,25,30)(H,26,27,29). The third-order valence-corrected chi connectivity index (χ3v) is 5.94. The number of benzene rings is 2. The molecule has 1 heterocycles. The van der Waals surface area contributed by atoms with Gasteiger partial charge in [0.1, 0.15) is 5.82 Å². The molecule has 0 aliphatic heterocycles. The van der Waals surface area contributed by atoms with Crippen LogP contribution in [0, 0.1) is 6.92 Å². The molecule has 0 radical (unpaired) electrons. The number of aromatic nitrogens is 2. The van der Waals surface area contributed by atoms with Crippen molar-refractivity contribution < 1.29 is 4.79 Å². The average molecular weight is 405 g/mol. The molecule has 1 aromatic heterocycles. The normalized spacial score (nSPS) is 15.7. The van der Waals surface area contributed by atoms with Gasteiger partial charge in [-0.25, -0.2) is 9.78 Å². The van der Waals surface area contributed by atoms with Crippen LogP contribution in [0.15, 0.2) is 53.3 Å². The van der Waals surface area contributed by atoms with Crippen molar-refractivity contribution >= 4 is 22.6 Å². The fourth-order valence-corrected chi connectivity index (χ4v) is 4.24. The summed E-state index contributed by atoms with van der Waals surface area (Å²) in [6, 6.07) is 14.7. The molecular weight excluding hydrogens is 376 g/mol. The monoisotopic (exact) mass is 404 g/mol. The lowest BCUT2D eigenvalue weighted by Crippen LogP contribution is -2.47. The zero-order valence-electron chi connectivity index (χ0n) is 17.5. The van der Waals surface area contributed by atoms with Crippen LogP contribution in [0.3, 0.4) is 0 Å². The number of fused-ring (bicyclic) bond motifs is 1. The number of H-pyrrole nitrogens is 1. The number of aryl methyl sites for hydroxylation is 1. The summed E-state index contributed by atoms with van der Waals surface area (Å²) in [4.78, 5) is 35.3. The van der Waals surface area contributed by atoms with E-state index in [9.17, 15) is 9.59 Å². The Kier molecular flexibility index (Phi) is 5.84. The lowest BCUT2D eigenvalue weighted by Gasteiger charge is -2.33. The second-order valence-electron chi connectivity index (χ2n) is 8.09. The number of hydrogen-bond acceptors (Lipinski definition) is 3. The zero-order valence-corrected chi connectivity index (χ0v) is 17.5. The topological polar surface area (TPSA) is 78.1 Å². The first-order valence-corrected chi connectivity index (χ1v) is 10.7. The molecule has 2 N–H and O–H groups in total. The SMILES string of the molecule is Cc1ccccc1N(C(=O)NC1CCCCC1)C(C)c1nc2ccccc2c(=O)[nH]1. The van der Waals surface area contributed by atoms with Gasteiger partial charge in [0.2, 0.25) is 0 Å². The first-order valence-electron chi connectivity index (χ1n) is 10.7. The molecule has 1 fully saturated rings. The number of anilines is 1. The first kappa shape index (κ1) is 20.1. The van der Waals surface area contributed by atoms with Crippen LogP contribution >= 0.6 is 0 Å². The Morgan fingerprint density at radius 3 is 2.57 bits per heavy atom. The molecule has 6 nitrogen and oxygen atoms in total. The van der Waals surface area contributed by atoms with E-state index < -0.39 is 6.04 Å². The van der Waals surface area contributed by atoms with Gasteiger partial charge in [-0.05, 0) is 50.5 Å². The summed E-state index contributed by atoms with van der Waals surface area (Å²) in [5.74, 6) is 0.473. The van der Waals surface area contributed by atoms with Crippen LogP contribution in [0.4, 0.5) is 10.5 Å². The minimum Gasteiger partial charge on any atom is -0.335 e. The van der Waals surface area contributed by atoms with Crippen LogP contribution in [-0.2, 0) is 0 Å². The largest absolute Gasteiger partial charge is 0.335 e.